The van der Waals surface area contributed by atoms with E-state index < -0.39 is 88.4 Å². The number of hydrogen-bond acceptors (Lipinski definition) is 14. The molecule has 0 saturated carbocycles. The van der Waals surface area contributed by atoms with Crippen LogP contribution in [0.15, 0.2) is 33.5 Å². The number of phenols is 3. The number of methoxy groups -OCH3 is 1. The largest absolute Gasteiger partial charge is 0.507 e. The van der Waals surface area contributed by atoms with Gasteiger partial charge in [-0.15, -0.1) is 0 Å². The standard InChI is InChI=1S/C24H24O14/c1-8(25)35-7-14-16(28)19(31)21(33)24(37-14)36-13-6-11(27)15-18(30)20(32)22(38-23(15)17(13)29)9-3-4-10(26)12(5-9)34-2/h3-6,14,16,19,21,24,26-29,31-33H,7H2,1-2H3. The average molecular weight is 536 g/mol. The first-order chi connectivity index (χ1) is 17.9. The maximum Gasteiger partial charge on any atom is 0.302 e. The second-order valence-corrected chi connectivity index (χ2v) is 8.38. The maximum atomic E-state index is 12.8. The lowest BCUT2D eigenvalue weighted by Gasteiger charge is -2.39. The van der Waals surface area contributed by atoms with Gasteiger partial charge in [0.15, 0.2) is 28.6 Å². The van der Waals surface area contributed by atoms with Crippen molar-refractivity contribution in [3.8, 4) is 45.8 Å². The van der Waals surface area contributed by atoms with E-state index >= 15 is 0 Å². The highest BCUT2D eigenvalue weighted by atomic mass is 16.7. The first-order valence-electron chi connectivity index (χ1n) is 11.1. The quantitative estimate of drug-likeness (QED) is 0.163. The highest BCUT2D eigenvalue weighted by Gasteiger charge is 2.46. The smallest absolute Gasteiger partial charge is 0.302 e. The molecule has 2 aromatic carbocycles. The van der Waals surface area contributed by atoms with Crippen LogP contribution in [-0.4, -0.2) is 86.1 Å². The lowest BCUT2D eigenvalue weighted by molar-refractivity contribution is -0.278. The summed E-state index contributed by atoms with van der Waals surface area (Å²) in [6.07, 6.45) is -8.40. The summed E-state index contributed by atoms with van der Waals surface area (Å²) in [5.74, 6) is -4.51. The fourth-order valence-corrected chi connectivity index (χ4v) is 3.88. The lowest BCUT2D eigenvalue weighted by atomic mass is 9.99. The van der Waals surface area contributed by atoms with Crippen LogP contribution in [-0.2, 0) is 14.3 Å². The molecule has 14 heteroatoms. The Morgan fingerprint density at radius 1 is 0.947 bits per heavy atom. The maximum absolute atomic E-state index is 12.8. The van der Waals surface area contributed by atoms with Crippen molar-refractivity contribution in [3.63, 3.8) is 0 Å². The van der Waals surface area contributed by atoms with Gasteiger partial charge >= 0.3 is 5.97 Å². The molecule has 0 amide bonds. The predicted octanol–water partition coefficient (Wildman–Crippen LogP) is 0.0405. The summed E-state index contributed by atoms with van der Waals surface area (Å²) >= 11 is 0. The third-order valence-corrected chi connectivity index (χ3v) is 5.87. The Hall–Kier alpha value is -4.24. The van der Waals surface area contributed by atoms with Crippen molar-refractivity contribution in [1.82, 2.24) is 0 Å². The van der Waals surface area contributed by atoms with E-state index in [1.165, 1.54) is 25.3 Å². The number of aromatic hydroxyl groups is 4. The molecule has 1 fully saturated rings. The summed E-state index contributed by atoms with van der Waals surface area (Å²) in [6.45, 7) is 0.612. The van der Waals surface area contributed by atoms with Crippen LogP contribution in [0, 0.1) is 0 Å². The molecule has 3 aromatic rings. The molecule has 0 radical (unpaired) electrons. The molecule has 1 aliphatic rings. The first-order valence-corrected chi connectivity index (χ1v) is 11.1. The van der Waals surface area contributed by atoms with Crippen LogP contribution in [0.5, 0.6) is 34.5 Å². The molecule has 1 aliphatic heterocycles. The molecule has 5 atom stereocenters. The molecule has 2 heterocycles. The number of rotatable bonds is 6. The van der Waals surface area contributed by atoms with Crippen LogP contribution in [0.2, 0.25) is 0 Å². The fourth-order valence-electron chi connectivity index (χ4n) is 3.88. The van der Waals surface area contributed by atoms with Crippen LogP contribution >= 0.6 is 0 Å². The van der Waals surface area contributed by atoms with Crippen LogP contribution in [0.1, 0.15) is 6.92 Å². The van der Waals surface area contributed by atoms with Crippen molar-refractivity contribution in [2.24, 2.45) is 0 Å². The molecule has 204 valence electrons. The minimum absolute atomic E-state index is 0.0127. The van der Waals surface area contributed by atoms with Crippen molar-refractivity contribution in [1.29, 1.82) is 0 Å². The molecule has 4 rings (SSSR count). The third-order valence-electron chi connectivity index (χ3n) is 5.87. The Bertz CT molecular complexity index is 1430. The summed E-state index contributed by atoms with van der Waals surface area (Å²) in [7, 11) is 1.28. The van der Waals surface area contributed by atoms with Gasteiger partial charge in [0.25, 0.3) is 0 Å². The molecular formula is C24H24O14. The van der Waals surface area contributed by atoms with E-state index in [1.54, 1.807) is 0 Å². The summed E-state index contributed by atoms with van der Waals surface area (Å²) in [5, 5.41) is 71.7. The van der Waals surface area contributed by atoms with E-state index in [4.69, 9.17) is 23.4 Å². The number of aliphatic hydroxyl groups is 3. The average Bonchev–Trinajstić information content (AvgIpc) is 2.88. The normalized spacial score (nSPS) is 23.2. The van der Waals surface area contributed by atoms with Gasteiger partial charge in [0.1, 0.15) is 42.2 Å². The molecule has 14 nitrogen and oxygen atoms in total. The van der Waals surface area contributed by atoms with Gasteiger partial charge in [-0.2, -0.15) is 0 Å². The number of esters is 1. The van der Waals surface area contributed by atoms with Crippen molar-refractivity contribution in [2.75, 3.05) is 13.7 Å². The zero-order valence-electron chi connectivity index (χ0n) is 19.9. The van der Waals surface area contributed by atoms with Gasteiger partial charge in [-0.1, -0.05) is 0 Å². The van der Waals surface area contributed by atoms with Gasteiger partial charge in [-0.05, 0) is 18.2 Å². The number of benzene rings is 2. The van der Waals surface area contributed by atoms with E-state index in [1.807, 2.05) is 0 Å². The second-order valence-electron chi connectivity index (χ2n) is 8.38. The lowest BCUT2D eigenvalue weighted by Crippen LogP contribution is -2.60. The molecule has 0 spiro atoms. The minimum Gasteiger partial charge on any atom is -0.507 e. The summed E-state index contributed by atoms with van der Waals surface area (Å²) in [5.41, 5.74) is -1.66. The fraction of sp³-hybridized carbons (Fsp3) is 0.333. The number of fused-ring (bicyclic) bond motifs is 1. The van der Waals surface area contributed by atoms with Crippen LogP contribution in [0.4, 0.5) is 0 Å². The van der Waals surface area contributed by atoms with E-state index in [9.17, 15) is 45.3 Å². The SMILES string of the molecule is COc1cc(-c2oc3c(O)c(OC4OC(COC(C)=O)C(O)C(O)C4O)cc(O)c3c(=O)c2O)ccc1O. The van der Waals surface area contributed by atoms with Gasteiger partial charge in [-0.25, -0.2) is 0 Å². The van der Waals surface area contributed by atoms with Crippen LogP contribution < -0.4 is 14.9 Å². The van der Waals surface area contributed by atoms with E-state index in [-0.39, 0.29) is 17.1 Å². The molecular weight excluding hydrogens is 512 g/mol. The Morgan fingerprint density at radius 3 is 2.32 bits per heavy atom. The minimum atomic E-state index is -1.86. The third kappa shape index (κ3) is 4.72. The Balaban J connectivity index is 1.77. The monoisotopic (exact) mass is 536 g/mol. The van der Waals surface area contributed by atoms with Gasteiger partial charge in [-0.3, -0.25) is 9.59 Å². The molecule has 0 aliphatic carbocycles. The highest BCUT2D eigenvalue weighted by Crippen LogP contribution is 2.44. The van der Waals surface area contributed by atoms with Gasteiger partial charge in [0.2, 0.25) is 23.2 Å². The van der Waals surface area contributed by atoms with E-state index in [2.05, 4.69) is 0 Å². The molecule has 0 bridgehead atoms. The van der Waals surface area contributed by atoms with Gasteiger partial charge in [0, 0.05) is 18.6 Å². The topological polar surface area (TPSA) is 226 Å². The molecule has 38 heavy (non-hydrogen) atoms. The number of phenolic OH excluding ortho intramolecular Hbond substituents is 3. The van der Waals surface area contributed by atoms with E-state index in [0.717, 1.165) is 13.0 Å². The van der Waals surface area contributed by atoms with E-state index in [0.29, 0.717) is 0 Å². The van der Waals surface area contributed by atoms with Gasteiger partial charge < -0.3 is 59.1 Å². The number of aliphatic hydroxyl groups excluding tert-OH is 3. The Morgan fingerprint density at radius 2 is 1.66 bits per heavy atom. The summed E-state index contributed by atoms with van der Waals surface area (Å²) in [4.78, 5) is 24.0. The van der Waals surface area contributed by atoms with Crippen molar-refractivity contribution < 1.29 is 63.9 Å². The number of carbonyl (C=O) groups is 1. The molecule has 1 saturated heterocycles. The number of hydrogen-bond donors (Lipinski definition) is 7. The number of carbonyl (C=O) groups excluding carboxylic acids is 1. The zero-order chi connectivity index (χ0) is 27.9. The summed E-state index contributed by atoms with van der Waals surface area (Å²) in [6, 6.07) is 4.54. The van der Waals surface area contributed by atoms with Crippen LogP contribution in [0.25, 0.3) is 22.3 Å². The zero-order valence-corrected chi connectivity index (χ0v) is 19.9. The summed E-state index contributed by atoms with van der Waals surface area (Å²) < 4.78 is 26.2. The molecule has 5 unspecified atom stereocenters. The predicted molar refractivity (Wildman–Crippen MR) is 125 cm³/mol. The molecule has 1 aromatic heterocycles. The van der Waals surface area contributed by atoms with Crippen LogP contribution in [0.3, 0.4) is 0 Å². The first kappa shape index (κ1) is 26.8. The Kier molecular flexibility index (Phi) is 7.24. The second kappa shape index (κ2) is 10.3. The number of ether oxygens (including phenoxy) is 4. The Labute approximate surface area is 213 Å². The highest BCUT2D eigenvalue weighted by molar-refractivity contribution is 5.93. The van der Waals surface area contributed by atoms with Crippen molar-refractivity contribution >= 4 is 16.9 Å². The van der Waals surface area contributed by atoms with Crippen molar-refractivity contribution in [2.45, 2.75) is 37.6 Å². The molecule has 7 N–H and O–H groups in total. The van der Waals surface area contributed by atoms with Crippen molar-refractivity contribution in [3.05, 3.63) is 34.5 Å². The van der Waals surface area contributed by atoms with Gasteiger partial charge in [0.05, 0.1) is 7.11 Å².